The molecule has 0 spiro atoms. The van der Waals surface area contributed by atoms with Gasteiger partial charge in [-0.05, 0) is 23.4 Å². The number of hydrogen-bond acceptors (Lipinski definition) is 5. The Balaban J connectivity index is 0.00000242. The Kier molecular flexibility index (Phi) is 6.52. The van der Waals surface area contributed by atoms with Gasteiger partial charge in [-0.25, -0.2) is 4.68 Å². The second-order valence-electron chi connectivity index (χ2n) is 5.91. The van der Waals surface area contributed by atoms with Gasteiger partial charge in [0.15, 0.2) is 5.69 Å². The minimum Gasteiger partial charge on any atom is -0.340 e. The summed E-state index contributed by atoms with van der Waals surface area (Å²) in [6.07, 6.45) is 1.69. The van der Waals surface area contributed by atoms with Crippen LogP contribution in [-0.4, -0.2) is 45.9 Å². The zero-order valence-corrected chi connectivity index (χ0v) is 14.7. The van der Waals surface area contributed by atoms with Gasteiger partial charge in [0.25, 0.3) is 5.91 Å². The van der Waals surface area contributed by atoms with Gasteiger partial charge in [0.2, 0.25) is 0 Å². The first-order valence-corrected chi connectivity index (χ1v) is 7.67. The molecule has 0 saturated heterocycles. The zero-order valence-electron chi connectivity index (χ0n) is 13.0. The van der Waals surface area contributed by atoms with Crippen LogP contribution in [0.1, 0.15) is 29.2 Å². The molecular formula is C14H22ClN5OS. The molecule has 2 heterocycles. The lowest BCUT2D eigenvalue weighted by Crippen LogP contribution is -2.39. The van der Waals surface area contributed by atoms with Crippen LogP contribution in [0.15, 0.2) is 23.7 Å². The fraction of sp³-hybridized carbons (Fsp3) is 0.500. The van der Waals surface area contributed by atoms with Crippen LogP contribution in [0.3, 0.4) is 0 Å². The average molecular weight is 344 g/mol. The summed E-state index contributed by atoms with van der Waals surface area (Å²) in [6, 6.07) is 4.02. The first-order chi connectivity index (χ1) is 9.91. The fourth-order valence-corrected chi connectivity index (χ4v) is 2.71. The normalized spacial score (nSPS) is 11.1. The summed E-state index contributed by atoms with van der Waals surface area (Å²) in [5, 5.41) is 10.00. The summed E-state index contributed by atoms with van der Waals surface area (Å²) >= 11 is 1.65. The van der Waals surface area contributed by atoms with Crippen LogP contribution in [0.4, 0.5) is 0 Å². The number of halogens is 1. The molecule has 0 bridgehead atoms. The first kappa shape index (κ1) is 18.6. The van der Waals surface area contributed by atoms with Crippen LogP contribution in [0.2, 0.25) is 0 Å². The smallest absolute Gasteiger partial charge is 0.275 e. The molecule has 0 atom stereocenters. The molecule has 22 heavy (non-hydrogen) atoms. The van der Waals surface area contributed by atoms with Crippen LogP contribution in [0.5, 0.6) is 0 Å². The molecule has 0 aliphatic carbocycles. The van der Waals surface area contributed by atoms with E-state index in [0.29, 0.717) is 25.3 Å². The van der Waals surface area contributed by atoms with Gasteiger partial charge in [0.1, 0.15) is 0 Å². The van der Waals surface area contributed by atoms with Gasteiger partial charge in [0.05, 0.1) is 12.7 Å². The Hall–Kier alpha value is -1.44. The maximum Gasteiger partial charge on any atom is 0.275 e. The molecule has 0 radical (unpaired) electrons. The first-order valence-electron chi connectivity index (χ1n) is 6.79. The van der Waals surface area contributed by atoms with Crippen molar-refractivity contribution in [3.05, 3.63) is 34.3 Å². The summed E-state index contributed by atoms with van der Waals surface area (Å²) < 4.78 is 1.68. The topological polar surface area (TPSA) is 77.0 Å². The highest BCUT2D eigenvalue weighted by Gasteiger charge is 2.23. The van der Waals surface area contributed by atoms with E-state index in [-0.39, 0.29) is 23.7 Å². The molecule has 2 aromatic rings. The summed E-state index contributed by atoms with van der Waals surface area (Å²) in [4.78, 5) is 15.1. The van der Waals surface area contributed by atoms with E-state index in [2.05, 4.69) is 10.3 Å². The van der Waals surface area contributed by atoms with E-state index in [1.54, 1.807) is 34.2 Å². The van der Waals surface area contributed by atoms with Crippen molar-refractivity contribution in [3.8, 4) is 0 Å². The maximum absolute atomic E-state index is 12.3. The molecule has 8 heteroatoms. The molecule has 0 saturated carbocycles. The molecule has 6 nitrogen and oxygen atoms in total. The van der Waals surface area contributed by atoms with Crippen molar-refractivity contribution in [2.45, 2.75) is 20.4 Å². The van der Waals surface area contributed by atoms with E-state index in [4.69, 9.17) is 5.73 Å². The minimum atomic E-state index is -0.131. The largest absolute Gasteiger partial charge is 0.340 e. The zero-order chi connectivity index (χ0) is 15.5. The van der Waals surface area contributed by atoms with Gasteiger partial charge < -0.3 is 10.6 Å². The predicted octanol–water partition coefficient (Wildman–Crippen LogP) is 1.87. The van der Waals surface area contributed by atoms with Gasteiger partial charge >= 0.3 is 0 Å². The predicted molar refractivity (Wildman–Crippen MR) is 90.5 cm³/mol. The second-order valence-corrected chi connectivity index (χ2v) is 6.94. The lowest BCUT2D eigenvalue weighted by molar-refractivity contribution is 0.0734. The lowest BCUT2D eigenvalue weighted by Gasteiger charge is -2.28. The quantitative estimate of drug-likeness (QED) is 0.868. The Labute approximate surface area is 140 Å². The summed E-state index contributed by atoms with van der Waals surface area (Å²) in [5.74, 6) is -0.131. The number of carbonyl (C=O) groups is 1. The highest BCUT2D eigenvalue weighted by atomic mass is 35.5. The van der Waals surface area contributed by atoms with Crippen molar-refractivity contribution in [2.24, 2.45) is 11.1 Å². The van der Waals surface area contributed by atoms with Crippen molar-refractivity contribution < 1.29 is 4.79 Å². The van der Waals surface area contributed by atoms with Crippen LogP contribution in [-0.2, 0) is 6.54 Å². The maximum atomic E-state index is 12.3. The molecule has 0 aliphatic rings. The molecule has 0 unspecified atom stereocenters. The second kappa shape index (κ2) is 7.71. The van der Waals surface area contributed by atoms with Gasteiger partial charge in [-0.15, -0.1) is 28.8 Å². The third-order valence-electron chi connectivity index (χ3n) is 3.22. The molecule has 2 rings (SSSR count). The van der Waals surface area contributed by atoms with Crippen LogP contribution in [0.25, 0.3) is 0 Å². The van der Waals surface area contributed by atoms with E-state index in [1.165, 1.54) is 4.88 Å². The summed E-state index contributed by atoms with van der Waals surface area (Å²) in [7, 11) is 1.76. The molecule has 0 fully saturated rings. The Morgan fingerprint density at radius 1 is 1.50 bits per heavy atom. The van der Waals surface area contributed by atoms with Gasteiger partial charge in [-0.1, -0.05) is 25.1 Å². The van der Waals surface area contributed by atoms with Crippen LogP contribution in [0, 0.1) is 5.41 Å². The molecule has 122 valence electrons. The van der Waals surface area contributed by atoms with E-state index in [0.717, 1.165) is 0 Å². The van der Waals surface area contributed by atoms with E-state index in [1.807, 2.05) is 31.4 Å². The summed E-state index contributed by atoms with van der Waals surface area (Å²) in [6.45, 7) is 5.81. The fourth-order valence-electron chi connectivity index (χ4n) is 2.01. The van der Waals surface area contributed by atoms with Gasteiger partial charge in [-0.2, -0.15) is 0 Å². The number of nitrogens with two attached hydrogens (primary N) is 1. The Morgan fingerprint density at radius 2 is 2.23 bits per heavy atom. The number of amides is 1. The number of thiophene rings is 1. The molecule has 2 aromatic heterocycles. The van der Waals surface area contributed by atoms with E-state index >= 15 is 0 Å². The molecule has 1 amide bonds. The SMILES string of the molecule is CN(CC(C)(C)CN)C(=O)c1cn(Cc2cccs2)nn1.Cl. The number of carbonyl (C=O) groups excluding carboxylic acids is 1. The number of rotatable bonds is 6. The van der Waals surface area contributed by atoms with Crippen molar-refractivity contribution >= 4 is 29.7 Å². The van der Waals surface area contributed by atoms with Gasteiger partial charge in [0, 0.05) is 18.5 Å². The van der Waals surface area contributed by atoms with Gasteiger partial charge in [-0.3, -0.25) is 4.79 Å². The van der Waals surface area contributed by atoms with Crippen molar-refractivity contribution in [2.75, 3.05) is 20.1 Å². The molecule has 0 aromatic carbocycles. The highest BCUT2D eigenvalue weighted by molar-refractivity contribution is 7.09. The standard InChI is InChI=1S/C14H21N5OS.ClH/c1-14(2,9-15)10-18(3)13(20)12-8-19(17-16-12)7-11-5-4-6-21-11;/h4-6,8H,7,9-10,15H2,1-3H3;1H. The third-order valence-corrected chi connectivity index (χ3v) is 4.08. The van der Waals surface area contributed by atoms with Crippen molar-refractivity contribution in [3.63, 3.8) is 0 Å². The van der Waals surface area contributed by atoms with E-state index in [9.17, 15) is 4.79 Å². The number of hydrogen-bond donors (Lipinski definition) is 1. The number of aromatic nitrogens is 3. The van der Waals surface area contributed by atoms with Crippen molar-refractivity contribution in [1.29, 1.82) is 0 Å². The Morgan fingerprint density at radius 3 is 2.82 bits per heavy atom. The van der Waals surface area contributed by atoms with E-state index < -0.39 is 0 Å². The van der Waals surface area contributed by atoms with Crippen molar-refractivity contribution in [1.82, 2.24) is 19.9 Å². The average Bonchev–Trinajstić information content (AvgIpc) is 3.09. The minimum absolute atomic E-state index is 0. The molecule has 0 aliphatic heterocycles. The van der Waals surface area contributed by atoms with Crippen LogP contribution >= 0.6 is 23.7 Å². The number of nitrogens with zero attached hydrogens (tertiary/aromatic N) is 4. The summed E-state index contributed by atoms with van der Waals surface area (Å²) in [5.41, 5.74) is 5.95. The monoisotopic (exact) mass is 343 g/mol. The lowest BCUT2D eigenvalue weighted by atomic mass is 9.93. The Bertz CT molecular complexity index is 596. The third kappa shape index (κ3) is 4.79. The van der Waals surface area contributed by atoms with Crippen LogP contribution < -0.4 is 5.73 Å². The highest BCUT2D eigenvalue weighted by Crippen LogP contribution is 2.15. The molecular weight excluding hydrogens is 322 g/mol. The molecule has 2 N–H and O–H groups in total.